The number of halogens is 1. The lowest BCUT2D eigenvalue weighted by Crippen LogP contribution is -2.52. The predicted octanol–water partition coefficient (Wildman–Crippen LogP) is 0.447. The molecule has 22 heavy (non-hydrogen) atoms. The summed E-state index contributed by atoms with van der Waals surface area (Å²) < 4.78 is 1.59. The number of carbonyl (C=O) groups excluding carboxylic acids is 1. The summed E-state index contributed by atoms with van der Waals surface area (Å²) in [6.07, 6.45) is 1.97. The summed E-state index contributed by atoms with van der Waals surface area (Å²) in [5.41, 5.74) is 1.88. The molecule has 3 rings (SSSR count). The Morgan fingerprint density at radius 1 is 1.36 bits per heavy atom. The number of carbonyl (C=O) groups is 1. The summed E-state index contributed by atoms with van der Waals surface area (Å²) in [6.45, 7) is 4.59. The third-order valence-electron chi connectivity index (χ3n) is 3.73. The van der Waals surface area contributed by atoms with Crippen molar-refractivity contribution in [3.63, 3.8) is 0 Å². The minimum Gasteiger partial charge on any atom is -0.337 e. The molecule has 1 fully saturated rings. The molecular formula is C14H19ClN6O. The van der Waals surface area contributed by atoms with Gasteiger partial charge in [-0.2, -0.15) is 0 Å². The number of nitrogens with one attached hydrogen (secondary N) is 1. The van der Waals surface area contributed by atoms with Gasteiger partial charge in [0.15, 0.2) is 0 Å². The van der Waals surface area contributed by atoms with Gasteiger partial charge in [0.2, 0.25) is 5.91 Å². The summed E-state index contributed by atoms with van der Waals surface area (Å²) in [5, 5.41) is 14.3. The van der Waals surface area contributed by atoms with E-state index < -0.39 is 0 Å². The van der Waals surface area contributed by atoms with Gasteiger partial charge >= 0.3 is 0 Å². The van der Waals surface area contributed by atoms with Crippen molar-refractivity contribution in [2.24, 2.45) is 0 Å². The van der Waals surface area contributed by atoms with Crippen LogP contribution < -0.4 is 5.32 Å². The lowest BCUT2D eigenvalue weighted by molar-refractivity contribution is -0.133. The first-order valence-electron chi connectivity index (χ1n) is 7.06. The quantitative estimate of drug-likeness (QED) is 0.888. The van der Waals surface area contributed by atoms with Crippen LogP contribution in [-0.4, -0.2) is 56.7 Å². The highest BCUT2D eigenvalue weighted by atomic mass is 35.5. The monoisotopic (exact) mass is 322 g/mol. The third-order valence-corrected chi connectivity index (χ3v) is 3.73. The van der Waals surface area contributed by atoms with Gasteiger partial charge in [-0.1, -0.05) is 12.1 Å². The van der Waals surface area contributed by atoms with Crippen LogP contribution in [0.4, 0.5) is 0 Å². The van der Waals surface area contributed by atoms with Gasteiger partial charge in [-0.3, -0.25) is 4.79 Å². The molecule has 1 aliphatic heterocycles. The van der Waals surface area contributed by atoms with Crippen molar-refractivity contribution in [2.75, 3.05) is 19.6 Å². The van der Waals surface area contributed by atoms with Crippen LogP contribution in [0.15, 0.2) is 30.6 Å². The Morgan fingerprint density at radius 3 is 2.77 bits per heavy atom. The molecule has 1 aromatic heterocycles. The van der Waals surface area contributed by atoms with Gasteiger partial charge in [0.05, 0.1) is 12.1 Å². The average molecular weight is 323 g/mol. The van der Waals surface area contributed by atoms with E-state index in [1.165, 1.54) is 0 Å². The lowest BCUT2D eigenvalue weighted by Gasteiger charge is -2.34. The Labute approximate surface area is 135 Å². The zero-order valence-electron chi connectivity index (χ0n) is 12.3. The van der Waals surface area contributed by atoms with Crippen molar-refractivity contribution in [1.29, 1.82) is 0 Å². The molecule has 1 aliphatic rings. The Balaban J connectivity index is 0.00000176. The maximum absolute atomic E-state index is 12.4. The average Bonchev–Trinajstić information content (AvgIpc) is 3.02. The van der Waals surface area contributed by atoms with Crippen LogP contribution in [-0.2, 0) is 11.2 Å². The molecule has 0 spiro atoms. The minimum atomic E-state index is 0. The van der Waals surface area contributed by atoms with E-state index in [0.29, 0.717) is 6.42 Å². The highest BCUT2D eigenvalue weighted by Crippen LogP contribution is 2.11. The van der Waals surface area contributed by atoms with E-state index in [1.54, 1.807) is 11.0 Å². The van der Waals surface area contributed by atoms with E-state index in [9.17, 15) is 4.79 Å². The standard InChI is InChI=1S/C14H18N6O.ClH/c1-11-9-15-6-7-19(11)14(21)8-12-2-4-13(5-3-12)20-10-16-17-18-20;/h2-5,10-11,15H,6-9H2,1H3;1H/t11-;/m1./s1. The SMILES string of the molecule is C[C@@H]1CNCCN1C(=O)Cc1ccc(-n2cnnn2)cc1.Cl. The van der Waals surface area contributed by atoms with Gasteiger partial charge < -0.3 is 10.2 Å². The van der Waals surface area contributed by atoms with Gasteiger partial charge in [-0.05, 0) is 35.0 Å². The number of piperazine rings is 1. The van der Waals surface area contributed by atoms with Gasteiger partial charge in [0.1, 0.15) is 6.33 Å². The molecule has 7 nitrogen and oxygen atoms in total. The number of benzene rings is 1. The smallest absolute Gasteiger partial charge is 0.227 e. The second-order valence-electron chi connectivity index (χ2n) is 5.24. The molecule has 2 heterocycles. The van der Waals surface area contributed by atoms with Crippen molar-refractivity contribution in [1.82, 2.24) is 30.4 Å². The molecule has 1 atom stereocenters. The van der Waals surface area contributed by atoms with Gasteiger partial charge in [-0.15, -0.1) is 17.5 Å². The topological polar surface area (TPSA) is 75.9 Å². The fourth-order valence-corrected chi connectivity index (χ4v) is 2.53. The maximum Gasteiger partial charge on any atom is 0.227 e. The highest BCUT2D eigenvalue weighted by Gasteiger charge is 2.22. The lowest BCUT2D eigenvalue weighted by atomic mass is 10.1. The Kier molecular flexibility index (Phi) is 5.46. The summed E-state index contributed by atoms with van der Waals surface area (Å²) in [5.74, 6) is 0.180. The number of aromatic nitrogens is 4. The number of rotatable bonds is 3. The number of tetrazole rings is 1. The normalized spacial score (nSPS) is 17.9. The second-order valence-corrected chi connectivity index (χ2v) is 5.24. The van der Waals surface area contributed by atoms with Crippen molar-refractivity contribution < 1.29 is 4.79 Å². The number of amides is 1. The van der Waals surface area contributed by atoms with E-state index in [1.807, 2.05) is 29.2 Å². The van der Waals surface area contributed by atoms with Crippen LogP contribution >= 0.6 is 12.4 Å². The molecule has 1 saturated heterocycles. The first kappa shape index (κ1) is 16.4. The summed E-state index contributed by atoms with van der Waals surface area (Å²) in [4.78, 5) is 14.3. The van der Waals surface area contributed by atoms with Crippen LogP contribution in [0.5, 0.6) is 0 Å². The van der Waals surface area contributed by atoms with Gasteiger partial charge in [-0.25, -0.2) is 4.68 Å². The summed E-state index contributed by atoms with van der Waals surface area (Å²) in [7, 11) is 0. The largest absolute Gasteiger partial charge is 0.337 e. The fraction of sp³-hybridized carbons (Fsp3) is 0.429. The van der Waals surface area contributed by atoms with E-state index in [4.69, 9.17) is 0 Å². The molecule has 1 N–H and O–H groups in total. The minimum absolute atomic E-state index is 0. The van der Waals surface area contributed by atoms with Crippen LogP contribution in [0.3, 0.4) is 0 Å². The zero-order valence-corrected chi connectivity index (χ0v) is 13.2. The maximum atomic E-state index is 12.4. The molecule has 1 amide bonds. The van der Waals surface area contributed by atoms with E-state index in [0.717, 1.165) is 30.9 Å². The fourth-order valence-electron chi connectivity index (χ4n) is 2.53. The molecule has 118 valence electrons. The van der Waals surface area contributed by atoms with Crippen molar-refractivity contribution >= 4 is 18.3 Å². The van der Waals surface area contributed by atoms with E-state index in [2.05, 4.69) is 27.8 Å². The Morgan fingerprint density at radius 2 is 2.14 bits per heavy atom. The molecule has 2 aromatic rings. The molecule has 8 heteroatoms. The number of hydrogen-bond acceptors (Lipinski definition) is 5. The molecule has 0 aliphatic carbocycles. The number of hydrogen-bond donors (Lipinski definition) is 1. The van der Waals surface area contributed by atoms with Crippen molar-refractivity contribution in [3.8, 4) is 5.69 Å². The highest BCUT2D eigenvalue weighted by molar-refractivity contribution is 5.85. The van der Waals surface area contributed by atoms with Crippen LogP contribution in [0.1, 0.15) is 12.5 Å². The first-order valence-corrected chi connectivity index (χ1v) is 7.06. The predicted molar refractivity (Wildman–Crippen MR) is 84.2 cm³/mol. The molecular weight excluding hydrogens is 304 g/mol. The third kappa shape index (κ3) is 3.61. The Bertz CT molecular complexity index is 600. The molecule has 1 aromatic carbocycles. The van der Waals surface area contributed by atoms with E-state index in [-0.39, 0.29) is 24.4 Å². The molecule has 0 saturated carbocycles. The summed E-state index contributed by atoms with van der Waals surface area (Å²) >= 11 is 0. The Hall–Kier alpha value is -1.99. The molecule has 0 bridgehead atoms. The summed E-state index contributed by atoms with van der Waals surface area (Å²) in [6, 6.07) is 7.98. The van der Waals surface area contributed by atoms with Crippen LogP contribution in [0, 0.1) is 0 Å². The second kappa shape index (κ2) is 7.33. The van der Waals surface area contributed by atoms with Gasteiger partial charge in [0.25, 0.3) is 0 Å². The number of nitrogens with zero attached hydrogens (tertiary/aromatic N) is 5. The van der Waals surface area contributed by atoms with Crippen molar-refractivity contribution in [2.45, 2.75) is 19.4 Å². The van der Waals surface area contributed by atoms with E-state index >= 15 is 0 Å². The van der Waals surface area contributed by atoms with Crippen LogP contribution in [0.25, 0.3) is 5.69 Å². The zero-order chi connectivity index (χ0) is 14.7. The van der Waals surface area contributed by atoms with Crippen LogP contribution in [0.2, 0.25) is 0 Å². The first-order chi connectivity index (χ1) is 10.2. The molecule has 0 unspecified atom stereocenters. The van der Waals surface area contributed by atoms with Gasteiger partial charge in [0, 0.05) is 25.7 Å². The van der Waals surface area contributed by atoms with Crippen molar-refractivity contribution in [3.05, 3.63) is 36.2 Å². The molecule has 0 radical (unpaired) electrons.